The van der Waals surface area contributed by atoms with E-state index in [0.29, 0.717) is 24.5 Å². The summed E-state index contributed by atoms with van der Waals surface area (Å²) in [6.45, 7) is 0.390. The van der Waals surface area contributed by atoms with Crippen molar-refractivity contribution in [1.29, 1.82) is 0 Å². The smallest absolute Gasteiger partial charge is 0.416 e. The first-order valence-electron chi connectivity index (χ1n) is 13.9. The molecule has 0 radical (unpaired) electrons. The molecule has 0 spiro atoms. The number of hydrogen-bond donors (Lipinski definition) is 2. The number of benzene rings is 3. The lowest BCUT2D eigenvalue weighted by Gasteiger charge is -2.28. The summed E-state index contributed by atoms with van der Waals surface area (Å²) in [5, 5.41) is 3.54. The number of hydrogen-bond acceptors (Lipinski definition) is 5. The van der Waals surface area contributed by atoms with Gasteiger partial charge in [0.25, 0.3) is 0 Å². The third-order valence-electron chi connectivity index (χ3n) is 7.12. The van der Waals surface area contributed by atoms with E-state index >= 15 is 0 Å². The van der Waals surface area contributed by atoms with Gasteiger partial charge in [-0.2, -0.15) is 13.2 Å². The lowest BCUT2D eigenvalue weighted by atomic mass is 10.1. The van der Waals surface area contributed by atoms with Crippen LogP contribution in [0.1, 0.15) is 16.7 Å². The van der Waals surface area contributed by atoms with Crippen molar-refractivity contribution in [2.45, 2.75) is 19.1 Å². The van der Waals surface area contributed by atoms with Gasteiger partial charge in [0.1, 0.15) is 6.54 Å². The number of fused-ring (bicyclic) bond motifs is 1. The van der Waals surface area contributed by atoms with Gasteiger partial charge in [0.15, 0.2) is 11.5 Å². The zero-order chi connectivity index (χ0) is 31.7. The maximum Gasteiger partial charge on any atom is 0.416 e. The molecule has 4 aromatic rings. The van der Waals surface area contributed by atoms with Crippen LogP contribution in [0.2, 0.25) is 0 Å². The Morgan fingerprint density at radius 3 is 2.39 bits per heavy atom. The van der Waals surface area contributed by atoms with E-state index in [1.807, 2.05) is 36.5 Å². The lowest BCUT2D eigenvalue weighted by Crippen LogP contribution is -2.46. The number of H-pyrrole nitrogens is 1. The number of nitrogens with zero attached hydrogens (tertiary/aromatic N) is 2. The minimum absolute atomic E-state index is 0.0405. The highest BCUT2D eigenvalue weighted by atomic mass is 19.4. The summed E-state index contributed by atoms with van der Waals surface area (Å²) in [4.78, 5) is 33.1. The Balaban J connectivity index is 1.55. The molecule has 3 aromatic carbocycles. The minimum Gasteiger partial charge on any atom is -0.493 e. The maximum absolute atomic E-state index is 13.8. The van der Waals surface area contributed by atoms with Gasteiger partial charge in [-0.15, -0.1) is 0 Å². The average molecular weight is 613 g/mol. The second-order valence-electron chi connectivity index (χ2n) is 10.0. The number of carbonyl (C=O) groups excluding carboxylic acids is 2. The number of rotatable bonds is 13. The first kappa shape index (κ1) is 32.2. The second kappa shape index (κ2) is 14.6. The third kappa shape index (κ3) is 8.22. The van der Waals surface area contributed by atoms with Crippen LogP contribution in [-0.4, -0.2) is 74.3 Å². The predicted octanol–water partition coefficient (Wildman–Crippen LogP) is 5.96. The van der Waals surface area contributed by atoms with Gasteiger partial charge >= 0.3 is 12.2 Å². The Morgan fingerprint density at radius 2 is 1.66 bits per heavy atom. The first-order chi connectivity index (χ1) is 21.1. The number of methoxy groups -OCH3 is 3. The van der Waals surface area contributed by atoms with E-state index in [9.17, 15) is 22.8 Å². The van der Waals surface area contributed by atoms with E-state index in [4.69, 9.17) is 14.2 Å². The molecule has 0 aliphatic rings. The topological polar surface area (TPSA) is 96.1 Å². The number of aromatic amines is 1. The van der Waals surface area contributed by atoms with Crippen LogP contribution in [0.25, 0.3) is 10.9 Å². The van der Waals surface area contributed by atoms with Crippen molar-refractivity contribution < 1.29 is 37.0 Å². The highest BCUT2D eigenvalue weighted by molar-refractivity contribution is 5.92. The number of alkyl halides is 3. The summed E-state index contributed by atoms with van der Waals surface area (Å²) in [6.07, 6.45) is -2.11. The number of nitrogens with one attached hydrogen (secondary N) is 2. The van der Waals surface area contributed by atoms with Crippen molar-refractivity contribution in [1.82, 2.24) is 14.8 Å². The molecule has 0 aliphatic carbocycles. The number of aromatic nitrogens is 1. The van der Waals surface area contributed by atoms with Gasteiger partial charge in [0.2, 0.25) is 5.91 Å². The fourth-order valence-corrected chi connectivity index (χ4v) is 4.78. The molecule has 234 valence electrons. The summed E-state index contributed by atoms with van der Waals surface area (Å²) in [6, 6.07) is 16.8. The van der Waals surface area contributed by atoms with Gasteiger partial charge < -0.3 is 34.3 Å². The van der Waals surface area contributed by atoms with E-state index in [1.54, 1.807) is 17.0 Å². The van der Waals surface area contributed by atoms with Crippen molar-refractivity contribution >= 4 is 28.5 Å². The van der Waals surface area contributed by atoms with Gasteiger partial charge in [-0.25, -0.2) is 4.79 Å². The summed E-state index contributed by atoms with van der Waals surface area (Å²) in [5.74, 6) is 0.705. The van der Waals surface area contributed by atoms with E-state index in [0.717, 1.165) is 34.2 Å². The van der Waals surface area contributed by atoms with E-state index in [2.05, 4.69) is 10.3 Å². The molecule has 1 aromatic heterocycles. The highest BCUT2D eigenvalue weighted by Crippen LogP contribution is 2.31. The van der Waals surface area contributed by atoms with Crippen LogP contribution in [-0.2, 0) is 28.7 Å². The van der Waals surface area contributed by atoms with Gasteiger partial charge in [-0.3, -0.25) is 4.79 Å². The monoisotopic (exact) mass is 612 g/mol. The Labute approximate surface area is 253 Å². The molecule has 0 unspecified atom stereocenters. The maximum atomic E-state index is 13.8. The Morgan fingerprint density at radius 1 is 0.886 bits per heavy atom. The molecule has 0 saturated carbocycles. The number of ether oxygens (including phenoxy) is 3. The van der Waals surface area contributed by atoms with Gasteiger partial charge in [0, 0.05) is 49.5 Å². The number of anilines is 1. The molecule has 3 amide bonds. The molecule has 0 aliphatic heterocycles. The highest BCUT2D eigenvalue weighted by Gasteiger charge is 2.31. The zero-order valence-electron chi connectivity index (χ0n) is 24.7. The van der Waals surface area contributed by atoms with Crippen LogP contribution in [0.5, 0.6) is 11.5 Å². The van der Waals surface area contributed by atoms with Gasteiger partial charge in [0.05, 0.1) is 26.4 Å². The molecule has 0 bridgehead atoms. The molecular formula is C32H35F3N4O5. The standard InChI is InChI=1S/C32H35F3N4O5/c1-42-16-15-39(31(41)37-25-8-6-7-24(18-25)32(33,34)35)21-30(40)38(20-22-11-12-28(43-2)29(17-22)44-3)14-13-23-19-36-27-10-5-4-9-26(23)27/h4-12,17-19,36H,13-16,20-21H2,1-3H3,(H,37,41). The zero-order valence-corrected chi connectivity index (χ0v) is 24.7. The van der Waals surface area contributed by atoms with Gasteiger partial charge in [-0.1, -0.05) is 30.3 Å². The first-order valence-corrected chi connectivity index (χ1v) is 13.9. The molecule has 4 rings (SSSR count). The molecular weight excluding hydrogens is 577 g/mol. The van der Waals surface area contributed by atoms with E-state index in [1.165, 1.54) is 38.4 Å². The van der Waals surface area contributed by atoms with Crippen LogP contribution in [0.3, 0.4) is 0 Å². The molecule has 0 atom stereocenters. The summed E-state index contributed by atoms with van der Waals surface area (Å²) < 4.78 is 55.5. The molecule has 0 fully saturated rings. The van der Waals surface area contributed by atoms with Crippen LogP contribution in [0.15, 0.2) is 72.9 Å². The van der Waals surface area contributed by atoms with Crippen molar-refractivity contribution in [2.24, 2.45) is 0 Å². The number of para-hydroxylation sites is 1. The lowest BCUT2D eigenvalue weighted by molar-refractivity contribution is -0.137. The van der Waals surface area contributed by atoms with Crippen molar-refractivity contribution in [3.05, 3.63) is 89.6 Å². The van der Waals surface area contributed by atoms with Crippen LogP contribution >= 0.6 is 0 Å². The fraction of sp³-hybridized carbons (Fsp3) is 0.312. The van der Waals surface area contributed by atoms with Crippen molar-refractivity contribution in [2.75, 3.05) is 52.9 Å². The largest absolute Gasteiger partial charge is 0.493 e. The molecule has 0 saturated heterocycles. The number of halogens is 3. The van der Waals surface area contributed by atoms with E-state index in [-0.39, 0.29) is 37.8 Å². The van der Waals surface area contributed by atoms with Crippen molar-refractivity contribution in [3.63, 3.8) is 0 Å². The van der Waals surface area contributed by atoms with Crippen LogP contribution < -0.4 is 14.8 Å². The quantitative estimate of drug-likeness (QED) is 0.194. The molecule has 12 heteroatoms. The Bertz CT molecular complexity index is 1570. The van der Waals surface area contributed by atoms with E-state index < -0.39 is 17.8 Å². The van der Waals surface area contributed by atoms with Crippen LogP contribution in [0, 0.1) is 0 Å². The average Bonchev–Trinajstić information content (AvgIpc) is 3.43. The Kier molecular flexibility index (Phi) is 10.7. The summed E-state index contributed by atoms with van der Waals surface area (Å²) >= 11 is 0. The van der Waals surface area contributed by atoms with Crippen LogP contribution in [0.4, 0.5) is 23.7 Å². The molecule has 9 nitrogen and oxygen atoms in total. The molecule has 2 N–H and O–H groups in total. The molecule has 44 heavy (non-hydrogen) atoms. The second-order valence-corrected chi connectivity index (χ2v) is 10.0. The normalized spacial score (nSPS) is 11.3. The number of carbonyl (C=O) groups is 2. The number of amides is 3. The van der Waals surface area contributed by atoms with Crippen molar-refractivity contribution in [3.8, 4) is 11.5 Å². The minimum atomic E-state index is -4.57. The fourth-order valence-electron chi connectivity index (χ4n) is 4.78. The third-order valence-corrected chi connectivity index (χ3v) is 7.12. The summed E-state index contributed by atoms with van der Waals surface area (Å²) in [5.41, 5.74) is 1.86. The summed E-state index contributed by atoms with van der Waals surface area (Å²) in [7, 11) is 4.51. The Hall–Kier alpha value is -4.71. The SMILES string of the molecule is COCCN(CC(=O)N(CCc1c[nH]c2ccccc12)Cc1ccc(OC)c(OC)c1)C(=O)Nc1cccc(C(F)(F)F)c1. The number of urea groups is 1. The predicted molar refractivity (Wildman–Crippen MR) is 161 cm³/mol. The molecule has 1 heterocycles. The van der Waals surface area contributed by atoms with Gasteiger partial charge in [-0.05, 0) is 53.9 Å².